The average Bonchev–Trinajstić information content (AvgIpc) is 1.68. The van der Waals surface area contributed by atoms with Crippen molar-refractivity contribution in [2.24, 2.45) is 0 Å². The van der Waals surface area contributed by atoms with E-state index in [0.29, 0.717) is 6.61 Å². The van der Waals surface area contributed by atoms with Crippen molar-refractivity contribution in [2.75, 3.05) is 6.61 Å². The SMILES string of the molecule is Br.[CH2-]CC(=O)OCC.[Zn]. The van der Waals surface area contributed by atoms with Gasteiger partial charge in [-0.05, 0) is 6.92 Å². The van der Waals surface area contributed by atoms with Crippen molar-refractivity contribution in [1.82, 2.24) is 0 Å². The summed E-state index contributed by atoms with van der Waals surface area (Å²) in [7, 11) is 0. The van der Waals surface area contributed by atoms with Crippen LogP contribution in [0.2, 0.25) is 0 Å². The van der Waals surface area contributed by atoms with Crippen LogP contribution in [0.15, 0.2) is 0 Å². The van der Waals surface area contributed by atoms with Crippen LogP contribution in [0, 0.1) is 6.92 Å². The molecule has 0 radical (unpaired) electrons. The molecule has 4 heteroatoms. The molecule has 0 N–H and O–H groups in total. The molecule has 0 aliphatic rings. The van der Waals surface area contributed by atoms with Crippen molar-refractivity contribution in [3.8, 4) is 0 Å². The average molecular weight is 247 g/mol. The van der Waals surface area contributed by atoms with Gasteiger partial charge >= 0.3 is 0 Å². The molecule has 0 aliphatic carbocycles. The monoisotopic (exact) mass is 245 g/mol. The fraction of sp³-hybridized carbons (Fsp3) is 0.600. The van der Waals surface area contributed by atoms with Gasteiger partial charge in [0, 0.05) is 19.5 Å². The number of carbonyl (C=O) groups excluding carboxylic acids is 1. The zero-order chi connectivity index (χ0) is 5.70. The molecule has 2 nitrogen and oxygen atoms in total. The Hall–Kier alpha value is 0.573. The summed E-state index contributed by atoms with van der Waals surface area (Å²) in [5.74, 6) is -0.234. The van der Waals surface area contributed by atoms with Crippen LogP contribution in [0.3, 0.4) is 0 Å². The topological polar surface area (TPSA) is 26.3 Å². The van der Waals surface area contributed by atoms with Gasteiger partial charge < -0.3 is 11.7 Å². The molecular weight excluding hydrogens is 237 g/mol. The summed E-state index contributed by atoms with van der Waals surface area (Å²) in [6, 6.07) is 0. The van der Waals surface area contributed by atoms with Crippen LogP contribution in [0.1, 0.15) is 13.3 Å². The third-order valence-electron chi connectivity index (χ3n) is 0.509. The number of rotatable bonds is 2. The van der Waals surface area contributed by atoms with E-state index in [1.54, 1.807) is 6.92 Å². The van der Waals surface area contributed by atoms with Crippen molar-refractivity contribution in [3.05, 3.63) is 6.92 Å². The molecule has 0 aromatic heterocycles. The summed E-state index contributed by atoms with van der Waals surface area (Å²) < 4.78 is 4.49. The molecule has 0 aromatic rings. The van der Waals surface area contributed by atoms with Crippen LogP contribution in [0.4, 0.5) is 0 Å². The number of esters is 1. The van der Waals surface area contributed by atoms with E-state index in [9.17, 15) is 4.79 Å². The summed E-state index contributed by atoms with van der Waals surface area (Å²) in [5.41, 5.74) is 0. The van der Waals surface area contributed by atoms with E-state index in [1.165, 1.54) is 0 Å². The Morgan fingerprint density at radius 1 is 1.67 bits per heavy atom. The molecule has 52 valence electrons. The normalized spacial score (nSPS) is 6.44. The minimum absolute atomic E-state index is 0. The maximum atomic E-state index is 10.1. The Bertz CT molecular complexity index is 68.0. The van der Waals surface area contributed by atoms with Crippen LogP contribution in [-0.4, -0.2) is 12.6 Å². The van der Waals surface area contributed by atoms with Crippen molar-refractivity contribution in [3.63, 3.8) is 0 Å². The maximum absolute atomic E-state index is 10.1. The molecule has 0 saturated carbocycles. The van der Waals surface area contributed by atoms with Crippen molar-refractivity contribution in [2.45, 2.75) is 13.3 Å². The van der Waals surface area contributed by atoms with E-state index in [4.69, 9.17) is 0 Å². The summed E-state index contributed by atoms with van der Waals surface area (Å²) in [4.78, 5) is 10.1. The summed E-state index contributed by atoms with van der Waals surface area (Å²) >= 11 is 0. The predicted octanol–water partition coefficient (Wildman–Crippen LogP) is 1.35. The van der Waals surface area contributed by atoms with E-state index in [0.717, 1.165) is 0 Å². The number of ether oxygens (including phenoxy) is 1. The maximum Gasteiger partial charge on any atom is 0.275 e. The molecule has 0 unspecified atom stereocenters. The Labute approximate surface area is 78.9 Å². The minimum Gasteiger partial charge on any atom is -0.468 e. The predicted molar refractivity (Wildman–Crippen MR) is 36.9 cm³/mol. The number of hydrogen-bond acceptors (Lipinski definition) is 2. The van der Waals surface area contributed by atoms with Gasteiger partial charge in [0.25, 0.3) is 5.97 Å². The first-order valence-corrected chi connectivity index (χ1v) is 2.26. The first-order valence-electron chi connectivity index (χ1n) is 2.26. The van der Waals surface area contributed by atoms with Gasteiger partial charge in [-0.25, -0.2) is 0 Å². The van der Waals surface area contributed by atoms with Crippen molar-refractivity contribution in [1.29, 1.82) is 0 Å². The molecule has 0 saturated heterocycles. The standard InChI is InChI=1S/C5H9O2.BrH.Zn/c1-3-5(6)7-4-2;;/h1,3-4H2,2H3;1H;/q-1;;. The number of hydrogen-bond donors (Lipinski definition) is 0. The van der Waals surface area contributed by atoms with Crippen LogP contribution < -0.4 is 0 Å². The molecule has 0 amide bonds. The molecule has 0 aliphatic heterocycles. The fourth-order valence-corrected chi connectivity index (χ4v) is 0.233. The third-order valence-corrected chi connectivity index (χ3v) is 0.509. The molecule has 0 rings (SSSR count). The van der Waals surface area contributed by atoms with Gasteiger partial charge in [-0.15, -0.1) is 17.0 Å². The van der Waals surface area contributed by atoms with Gasteiger partial charge in [0.05, 0.1) is 6.61 Å². The number of halogens is 1. The Morgan fingerprint density at radius 2 is 2.11 bits per heavy atom. The summed E-state index contributed by atoms with van der Waals surface area (Å²) in [5, 5.41) is 0. The van der Waals surface area contributed by atoms with Crippen LogP contribution in [-0.2, 0) is 29.0 Å². The quantitative estimate of drug-likeness (QED) is 0.418. The van der Waals surface area contributed by atoms with Crippen LogP contribution in [0.5, 0.6) is 0 Å². The van der Waals surface area contributed by atoms with E-state index in [2.05, 4.69) is 11.7 Å². The molecule has 0 fully saturated rings. The second kappa shape index (κ2) is 11.4. The van der Waals surface area contributed by atoms with E-state index in [-0.39, 0.29) is 48.8 Å². The molecule has 0 spiro atoms. The molecule has 0 heterocycles. The Kier molecular flexibility index (Phi) is 20.6. The first kappa shape index (κ1) is 16.3. The van der Waals surface area contributed by atoms with Crippen LogP contribution in [0.25, 0.3) is 0 Å². The molecule has 0 bridgehead atoms. The zero-order valence-electron chi connectivity index (χ0n) is 5.55. The van der Waals surface area contributed by atoms with Gasteiger partial charge in [0.15, 0.2) is 0 Å². The van der Waals surface area contributed by atoms with E-state index < -0.39 is 0 Å². The van der Waals surface area contributed by atoms with Crippen molar-refractivity contribution < 1.29 is 29.0 Å². The fourth-order valence-electron chi connectivity index (χ4n) is 0.233. The number of carbonyl (C=O) groups is 1. The largest absolute Gasteiger partial charge is 0.468 e. The summed E-state index contributed by atoms with van der Waals surface area (Å²) in [6.45, 7) is 5.55. The van der Waals surface area contributed by atoms with Crippen molar-refractivity contribution >= 4 is 23.0 Å². The molecule has 0 atom stereocenters. The van der Waals surface area contributed by atoms with Crippen LogP contribution >= 0.6 is 17.0 Å². The first-order chi connectivity index (χ1) is 3.31. The van der Waals surface area contributed by atoms with Gasteiger partial charge in [0.1, 0.15) is 0 Å². The van der Waals surface area contributed by atoms with Gasteiger partial charge in [-0.3, -0.25) is 4.79 Å². The second-order valence-corrected chi connectivity index (χ2v) is 1.06. The van der Waals surface area contributed by atoms with Gasteiger partial charge in [0.2, 0.25) is 0 Å². The molecule has 9 heavy (non-hydrogen) atoms. The smallest absolute Gasteiger partial charge is 0.275 e. The van der Waals surface area contributed by atoms with Gasteiger partial charge in [-0.2, -0.15) is 0 Å². The Morgan fingerprint density at radius 3 is 2.22 bits per heavy atom. The Balaban J connectivity index is -0.000000180. The molecule has 0 aromatic carbocycles. The van der Waals surface area contributed by atoms with E-state index >= 15 is 0 Å². The summed E-state index contributed by atoms with van der Waals surface area (Å²) in [6.07, 6.45) is 0.230. The zero-order valence-corrected chi connectivity index (χ0v) is 10.2. The minimum atomic E-state index is -0.234. The molecular formula is C5H10BrO2Zn-. The van der Waals surface area contributed by atoms with Gasteiger partial charge in [-0.1, -0.05) is 6.42 Å². The van der Waals surface area contributed by atoms with E-state index in [1.807, 2.05) is 0 Å². The second-order valence-electron chi connectivity index (χ2n) is 1.06. The third kappa shape index (κ3) is 11.9.